The topological polar surface area (TPSA) is 90.4 Å². The van der Waals surface area contributed by atoms with Crippen LogP contribution in [0.1, 0.15) is 0 Å². The van der Waals surface area contributed by atoms with Crippen molar-refractivity contribution in [2.45, 2.75) is 0 Å². The van der Waals surface area contributed by atoms with E-state index < -0.39 is 0 Å². The summed E-state index contributed by atoms with van der Waals surface area (Å²) in [6, 6.07) is -0.236. The molecule has 0 fully saturated rings. The highest BCUT2D eigenvalue weighted by Gasteiger charge is 2.08. The Labute approximate surface area is 104 Å². The highest BCUT2D eigenvalue weighted by molar-refractivity contribution is 7.97. The Hall–Kier alpha value is -1.70. The van der Waals surface area contributed by atoms with Crippen LogP contribution >= 0.6 is 11.9 Å². The van der Waals surface area contributed by atoms with E-state index in [1.807, 2.05) is 0 Å². The molecule has 1 heterocycles. The molecule has 0 aliphatic heterocycles. The van der Waals surface area contributed by atoms with Crippen molar-refractivity contribution in [1.82, 2.24) is 20.0 Å². The van der Waals surface area contributed by atoms with Crippen LogP contribution in [0, 0.1) is 0 Å². The van der Waals surface area contributed by atoms with Crippen LogP contribution < -0.4 is 14.9 Å². The van der Waals surface area contributed by atoms with Crippen LogP contribution in [0.3, 0.4) is 0 Å². The number of amides is 2. The third kappa shape index (κ3) is 4.35. The molecule has 3 N–H and O–H groups in total. The first-order valence-electron chi connectivity index (χ1n) is 4.95. The SMILES string of the molecule is CNC(=O)NSCCN(C)c1nccnc1O. The van der Waals surface area contributed by atoms with Gasteiger partial charge in [0.1, 0.15) is 0 Å². The minimum absolute atomic E-state index is 0.0979. The summed E-state index contributed by atoms with van der Waals surface area (Å²) >= 11 is 1.28. The number of aromatic nitrogens is 2. The second-order valence-corrected chi connectivity index (χ2v) is 4.06. The van der Waals surface area contributed by atoms with E-state index in [1.165, 1.54) is 24.3 Å². The van der Waals surface area contributed by atoms with Gasteiger partial charge in [0.25, 0.3) is 5.88 Å². The van der Waals surface area contributed by atoms with Crippen LogP contribution in [0.25, 0.3) is 0 Å². The second-order valence-electron chi connectivity index (χ2n) is 3.15. The zero-order chi connectivity index (χ0) is 12.7. The molecule has 1 rings (SSSR count). The number of anilines is 1. The molecule has 0 unspecified atom stereocenters. The van der Waals surface area contributed by atoms with Gasteiger partial charge < -0.3 is 15.3 Å². The molecular formula is C9H15N5O2S. The quantitative estimate of drug-likeness (QED) is 0.515. The van der Waals surface area contributed by atoms with Gasteiger partial charge in [-0.3, -0.25) is 4.72 Å². The third-order valence-corrected chi connectivity index (χ3v) is 2.66. The Morgan fingerprint density at radius 3 is 2.88 bits per heavy atom. The molecule has 7 nitrogen and oxygen atoms in total. The van der Waals surface area contributed by atoms with Crippen molar-refractivity contribution in [3.05, 3.63) is 12.4 Å². The molecular weight excluding hydrogens is 242 g/mol. The lowest BCUT2D eigenvalue weighted by Gasteiger charge is -2.17. The van der Waals surface area contributed by atoms with E-state index in [2.05, 4.69) is 20.0 Å². The lowest BCUT2D eigenvalue weighted by Crippen LogP contribution is -2.29. The van der Waals surface area contributed by atoms with Gasteiger partial charge in [0.05, 0.1) is 0 Å². The average molecular weight is 257 g/mol. The van der Waals surface area contributed by atoms with Gasteiger partial charge in [-0.2, -0.15) is 0 Å². The monoisotopic (exact) mass is 257 g/mol. The molecule has 17 heavy (non-hydrogen) atoms. The largest absolute Gasteiger partial charge is 0.491 e. The van der Waals surface area contributed by atoms with Crippen LogP contribution in [0.15, 0.2) is 12.4 Å². The van der Waals surface area contributed by atoms with Crippen molar-refractivity contribution in [3.63, 3.8) is 0 Å². The molecule has 0 aromatic carbocycles. The maximum Gasteiger partial charge on any atom is 0.324 e. The van der Waals surface area contributed by atoms with E-state index in [1.54, 1.807) is 19.0 Å². The fraction of sp³-hybridized carbons (Fsp3) is 0.444. The second kappa shape index (κ2) is 6.79. The standard InChI is InChI=1S/C9H15N5O2S/c1-10-9(16)13-17-6-5-14(2)7-8(15)12-4-3-11-7/h3-4H,5-6H2,1-2H3,(H,12,15)(H2,10,13,16). The third-order valence-electron chi connectivity index (χ3n) is 1.94. The molecule has 0 saturated heterocycles. The Bertz CT molecular complexity index is 376. The molecule has 94 valence electrons. The van der Waals surface area contributed by atoms with Gasteiger partial charge in [-0.05, 0) is 11.9 Å². The van der Waals surface area contributed by atoms with E-state index in [0.717, 1.165) is 0 Å². The van der Waals surface area contributed by atoms with Crippen molar-refractivity contribution >= 4 is 23.8 Å². The summed E-state index contributed by atoms with van der Waals surface area (Å²) in [5.74, 6) is 0.993. The molecule has 0 spiro atoms. The molecule has 8 heteroatoms. The first kappa shape index (κ1) is 13.4. The number of urea groups is 1. The van der Waals surface area contributed by atoms with E-state index in [0.29, 0.717) is 18.1 Å². The summed E-state index contributed by atoms with van der Waals surface area (Å²) in [6.07, 6.45) is 2.94. The predicted molar refractivity (Wildman–Crippen MR) is 67.0 cm³/mol. The highest BCUT2D eigenvalue weighted by atomic mass is 32.2. The number of nitrogens with zero attached hydrogens (tertiary/aromatic N) is 3. The van der Waals surface area contributed by atoms with Crippen LogP contribution in [-0.2, 0) is 0 Å². The van der Waals surface area contributed by atoms with Crippen LogP contribution in [0.2, 0.25) is 0 Å². The fourth-order valence-corrected chi connectivity index (χ4v) is 1.75. The van der Waals surface area contributed by atoms with E-state index in [4.69, 9.17) is 0 Å². The van der Waals surface area contributed by atoms with Crippen molar-refractivity contribution in [2.24, 2.45) is 0 Å². The molecule has 0 bridgehead atoms. The Balaban J connectivity index is 2.33. The summed E-state index contributed by atoms with van der Waals surface area (Å²) in [5, 5.41) is 11.9. The van der Waals surface area contributed by atoms with Gasteiger partial charge >= 0.3 is 6.03 Å². The summed E-state index contributed by atoms with van der Waals surface area (Å²) < 4.78 is 2.60. The minimum atomic E-state index is -0.236. The number of nitrogens with one attached hydrogen (secondary N) is 2. The zero-order valence-corrected chi connectivity index (χ0v) is 10.5. The number of rotatable bonds is 5. The normalized spacial score (nSPS) is 9.76. The number of hydrogen-bond donors (Lipinski definition) is 3. The maximum atomic E-state index is 10.9. The van der Waals surface area contributed by atoms with E-state index >= 15 is 0 Å². The Morgan fingerprint density at radius 2 is 2.24 bits per heavy atom. The molecule has 0 atom stereocenters. The molecule has 0 radical (unpaired) electrons. The maximum absolute atomic E-state index is 10.9. The van der Waals surface area contributed by atoms with Crippen LogP contribution in [-0.4, -0.2) is 47.5 Å². The fourth-order valence-electron chi connectivity index (χ4n) is 1.05. The van der Waals surface area contributed by atoms with Gasteiger partial charge in [-0.25, -0.2) is 14.8 Å². The zero-order valence-electron chi connectivity index (χ0n) is 9.67. The lowest BCUT2D eigenvalue weighted by atomic mass is 10.5. The van der Waals surface area contributed by atoms with Crippen molar-refractivity contribution < 1.29 is 9.90 Å². The number of aromatic hydroxyl groups is 1. The van der Waals surface area contributed by atoms with Gasteiger partial charge in [0.2, 0.25) is 0 Å². The molecule has 0 aliphatic carbocycles. The predicted octanol–water partition coefficient (Wildman–Crippen LogP) is 0.196. The Morgan fingerprint density at radius 1 is 1.53 bits per heavy atom. The minimum Gasteiger partial charge on any atom is -0.491 e. The smallest absolute Gasteiger partial charge is 0.324 e. The number of carbonyl (C=O) groups is 1. The van der Waals surface area contributed by atoms with Gasteiger partial charge in [-0.15, -0.1) is 0 Å². The average Bonchev–Trinajstić information content (AvgIpc) is 2.34. The van der Waals surface area contributed by atoms with Crippen LogP contribution in [0.5, 0.6) is 5.88 Å². The number of carbonyl (C=O) groups excluding carboxylic acids is 1. The van der Waals surface area contributed by atoms with Gasteiger partial charge in [-0.1, -0.05) is 0 Å². The summed E-state index contributed by atoms with van der Waals surface area (Å²) in [6.45, 7) is 0.626. The first-order chi connectivity index (χ1) is 8.15. The van der Waals surface area contributed by atoms with Crippen molar-refractivity contribution in [2.75, 3.05) is 31.3 Å². The summed E-state index contributed by atoms with van der Waals surface area (Å²) in [7, 11) is 3.35. The van der Waals surface area contributed by atoms with Crippen molar-refractivity contribution in [1.29, 1.82) is 0 Å². The van der Waals surface area contributed by atoms with E-state index in [-0.39, 0.29) is 11.9 Å². The van der Waals surface area contributed by atoms with Gasteiger partial charge in [0, 0.05) is 38.8 Å². The molecule has 0 aliphatic rings. The number of hydrogen-bond acceptors (Lipinski definition) is 6. The Kier molecular flexibility index (Phi) is 5.34. The summed E-state index contributed by atoms with van der Waals surface area (Å²) in [5.41, 5.74) is 0. The molecule has 2 amide bonds. The van der Waals surface area contributed by atoms with Crippen LogP contribution in [0.4, 0.5) is 10.6 Å². The van der Waals surface area contributed by atoms with Crippen molar-refractivity contribution in [3.8, 4) is 5.88 Å². The lowest BCUT2D eigenvalue weighted by molar-refractivity contribution is 0.248. The summed E-state index contributed by atoms with van der Waals surface area (Å²) in [4.78, 5) is 20.4. The highest BCUT2D eigenvalue weighted by Crippen LogP contribution is 2.18. The molecule has 0 saturated carbocycles. The van der Waals surface area contributed by atoms with Gasteiger partial charge in [0.15, 0.2) is 5.82 Å². The van der Waals surface area contributed by atoms with E-state index in [9.17, 15) is 9.90 Å². The first-order valence-corrected chi connectivity index (χ1v) is 5.94. The molecule has 1 aromatic rings. The molecule has 1 aromatic heterocycles.